The number of likely N-dealkylation sites (tertiary alicyclic amines) is 1. The van der Waals surface area contributed by atoms with Gasteiger partial charge >= 0.3 is 0 Å². The van der Waals surface area contributed by atoms with Crippen molar-refractivity contribution in [2.75, 3.05) is 26.2 Å². The maximum atomic E-state index is 13.4. The molecule has 3 aromatic rings. The third-order valence-electron chi connectivity index (χ3n) is 5.08. The number of ether oxygens (including phenoxy) is 1. The van der Waals surface area contributed by atoms with Crippen molar-refractivity contribution in [3.05, 3.63) is 65.8 Å². The van der Waals surface area contributed by atoms with Crippen molar-refractivity contribution in [1.29, 1.82) is 0 Å². The lowest BCUT2D eigenvalue weighted by Gasteiger charge is -2.30. The third-order valence-corrected chi connectivity index (χ3v) is 5.08. The van der Waals surface area contributed by atoms with E-state index in [1.807, 2.05) is 12.1 Å². The van der Waals surface area contributed by atoms with Crippen LogP contribution >= 0.6 is 0 Å². The van der Waals surface area contributed by atoms with Crippen molar-refractivity contribution in [3.8, 4) is 17.1 Å². The van der Waals surface area contributed by atoms with E-state index in [9.17, 15) is 4.39 Å². The molecule has 1 atom stereocenters. The fourth-order valence-electron chi connectivity index (χ4n) is 3.53. The summed E-state index contributed by atoms with van der Waals surface area (Å²) in [6, 6.07) is 14.4. The Morgan fingerprint density at radius 2 is 2.07 bits per heavy atom. The molecule has 4 rings (SSSR count). The van der Waals surface area contributed by atoms with Gasteiger partial charge in [-0.1, -0.05) is 35.0 Å². The number of hydrogen-bond acceptors (Lipinski definition) is 5. The second-order valence-electron chi connectivity index (χ2n) is 7.27. The van der Waals surface area contributed by atoms with Crippen molar-refractivity contribution in [3.63, 3.8) is 0 Å². The molecule has 2 aromatic carbocycles. The predicted octanol–water partition coefficient (Wildman–Crippen LogP) is 4.44. The molecular formula is C22H24FN3O2. The van der Waals surface area contributed by atoms with Gasteiger partial charge < -0.3 is 9.26 Å². The average molecular weight is 381 g/mol. The highest BCUT2D eigenvalue weighted by Gasteiger charge is 2.26. The first-order chi connectivity index (χ1) is 13.7. The van der Waals surface area contributed by atoms with Gasteiger partial charge in [0.2, 0.25) is 11.7 Å². The molecule has 146 valence electrons. The Morgan fingerprint density at radius 1 is 1.21 bits per heavy atom. The average Bonchev–Trinajstić information content (AvgIpc) is 3.20. The maximum Gasteiger partial charge on any atom is 0.231 e. The Hall–Kier alpha value is -2.73. The fraction of sp³-hybridized carbons (Fsp3) is 0.364. The molecule has 1 aliphatic heterocycles. The number of rotatable bonds is 6. The van der Waals surface area contributed by atoms with Gasteiger partial charge in [-0.15, -0.1) is 0 Å². The molecule has 0 spiro atoms. The van der Waals surface area contributed by atoms with E-state index < -0.39 is 0 Å². The summed E-state index contributed by atoms with van der Waals surface area (Å²) in [6.45, 7) is 5.47. The lowest BCUT2D eigenvalue weighted by molar-refractivity contribution is 0.157. The molecule has 0 N–H and O–H groups in total. The van der Waals surface area contributed by atoms with Crippen LogP contribution in [-0.4, -0.2) is 41.3 Å². The monoisotopic (exact) mass is 381 g/mol. The summed E-state index contributed by atoms with van der Waals surface area (Å²) < 4.78 is 24.8. The lowest BCUT2D eigenvalue weighted by atomic mass is 9.98. The zero-order valence-electron chi connectivity index (χ0n) is 16.0. The van der Waals surface area contributed by atoms with E-state index in [0.717, 1.165) is 38.2 Å². The first kappa shape index (κ1) is 18.6. The molecular weight excluding hydrogens is 357 g/mol. The SMILES string of the molecule is Cc1ccc(OCCN2CCCC(c3nc(-c4cccc(F)c4)no3)C2)cc1. The van der Waals surface area contributed by atoms with E-state index in [2.05, 4.69) is 34.1 Å². The molecule has 0 saturated carbocycles. The van der Waals surface area contributed by atoms with Crippen LogP contribution in [0.25, 0.3) is 11.4 Å². The molecule has 6 heteroatoms. The second-order valence-corrected chi connectivity index (χ2v) is 7.27. The highest BCUT2D eigenvalue weighted by atomic mass is 19.1. The minimum Gasteiger partial charge on any atom is -0.492 e. The van der Waals surface area contributed by atoms with Gasteiger partial charge in [-0.05, 0) is 50.6 Å². The number of aromatic nitrogens is 2. The molecule has 5 nitrogen and oxygen atoms in total. The van der Waals surface area contributed by atoms with Crippen LogP contribution in [0, 0.1) is 12.7 Å². The summed E-state index contributed by atoms with van der Waals surface area (Å²) in [5.41, 5.74) is 1.86. The molecule has 28 heavy (non-hydrogen) atoms. The molecule has 0 aliphatic carbocycles. The van der Waals surface area contributed by atoms with Crippen molar-refractivity contribution in [1.82, 2.24) is 15.0 Å². The highest BCUT2D eigenvalue weighted by molar-refractivity contribution is 5.53. The molecule has 1 saturated heterocycles. The van der Waals surface area contributed by atoms with Gasteiger partial charge in [0, 0.05) is 18.7 Å². The first-order valence-electron chi connectivity index (χ1n) is 9.69. The summed E-state index contributed by atoms with van der Waals surface area (Å²) in [5, 5.41) is 4.04. The lowest BCUT2D eigenvalue weighted by Crippen LogP contribution is -2.37. The summed E-state index contributed by atoms with van der Waals surface area (Å²) in [5.74, 6) is 1.86. The Bertz CT molecular complexity index is 910. The Labute approximate surface area is 164 Å². The number of piperidine rings is 1. The van der Waals surface area contributed by atoms with Crippen LogP contribution in [0.1, 0.15) is 30.2 Å². The molecule has 1 unspecified atom stereocenters. The molecule has 1 fully saturated rings. The number of aryl methyl sites for hydroxylation is 1. The Morgan fingerprint density at radius 3 is 2.89 bits per heavy atom. The van der Waals surface area contributed by atoms with Crippen LogP contribution in [0.3, 0.4) is 0 Å². The quantitative estimate of drug-likeness (QED) is 0.632. The highest BCUT2D eigenvalue weighted by Crippen LogP contribution is 2.27. The van der Waals surface area contributed by atoms with Crippen LogP contribution in [0.5, 0.6) is 5.75 Å². The number of halogens is 1. The Balaban J connectivity index is 1.33. The fourth-order valence-corrected chi connectivity index (χ4v) is 3.53. The van der Waals surface area contributed by atoms with E-state index in [1.54, 1.807) is 12.1 Å². The van der Waals surface area contributed by atoms with E-state index in [4.69, 9.17) is 9.26 Å². The standard InChI is InChI=1S/C22H24FN3O2/c1-16-7-9-20(10-8-16)27-13-12-26-11-3-5-18(15-26)22-24-21(25-28-22)17-4-2-6-19(23)14-17/h2,4,6-10,14,18H,3,5,11-13,15H2,1H3. The first-order valence-corrected chi connectivity index (χ1v) is 9.69. The van der Waals surface area contributed by atoms with Gasteiger partial charge in [-0.25, -0.2) is 4.39 Å². The largest absolute Gasteiger partial charge is 0.492 e. The van der Waals surface area contributed by atoms with Crippen LogP contribution in [0.4, 0.5) is 4.39 Å². The van der Waals surface area contributed by atoms with Crippen molar-refractivity contribution in [2.45, 2.75) is 25.7 Å². The van der Waals surface area contributed by atoms with Crippen LogP contribution in [0.2, 0.25) is 0 Å². The molecule has 0 radical (unpaired) electrons. The minimum absolute atomic E-state index is 0.197. The van der Waals surface area contributed by atoms with Crippen LogP contribution in [-0.2, 0) is 0 Å². The zero-order valence-corrected chi connectivity index (χ0v) is 16.0. The van der Waals surface area contributed by atoms with Gasteiger partial charge in [-0.2, -0.15) is 4.98 Å². The number of hydrogen-bond donors (Lipinski definition) is 0. The molecule has 1 aliphatic rings. The molecule has 2 heterocycles. The van der Waals surface area contributed by atoms with E-state index >= 15 is 0 Å². The molecule has 0 amide bonds. The van der Waals surface area contributed by atoms with Crippen LogP contribution in [0.15, 0.2) is 53.1 Å². The smallest absolute Gasteiger partial charge is 0.231 e. The second kappa shape index (κ2) is 8.52. The normalized spacial score (nSPS) is 17.6. The van der Waals surface area contributed by atoms with Gasteiger partial charge in [-0.3, -0.25) is 4.90 Å². The number of benzene rings is 2. The molecule has 1 aromatic heterocycles. The van der Waals surface area contributed by atoms with Gasteiger partial charge in [0.1, 0.15) is 18.2 Å². The summed E-state index contributed by atoms with van der Waals surface area (Å²) in [4.78, 5) is 6.88. The maximum absolute atomic E-state index is 13.4. The number of nitrogens with zero attached hydrogens (tertiary/aromatic N) is 3. The molecule has 0 bridgehead atoms. The third kappa shape index (κ3) is 4.57. The van der Waals surface area contributed by atoms with Crippen LogP contribution < -0.4 is 4.74 Å². The van der Waals surface area contributed by atoms with Gasteiger partial charge in [0.15, 0.2) is 0 Å². The van der Waals surface area contributed by atoms with E-state index in [1.165, 1.54) is 17.7 Å². The topological polar surface area (TPSA) is 51.4 Å². The summed E-state index contributed by atoms with van der Waals surface area (Å²) >= 11 is 0. The summed E-state index contributed by atoms with van der Waals surface area (Å²) in [7, 11) is 0. The summed E-state index contributed by atoms with van der Waals surface area (Å²) in [6.07, 6.45) is 2.09. The van der Waals surface area contributed by atoms with Crippen molar-refractivity contribution >= 4 is 0 Å². The predicted molar refractivity (Wildman–Crippen MR) is 105 cm³/mol. The van der Waals surface area contributed by atoms with E-state index in [-0.39, 0.29) is 11.7 Å². The van der Waals surface area contributed by atoms with Gasteiger partial charge in [0.05, 0.1) is 5.92 Å². The van der Waals surface area contributed by atoms with E-state index in [0.29, 0.717) is 23.9 Å². The minimum atomic E-state index is -0.304. The Kier molecular flexibility index (Phi) is 5.67. The van der Waals surface area contributed by atoms with Crippen molar-refractivity contribution < 1.29 is 13.7 Å². The van der Waals surface area contributed by atoms with Gasteiger partial charge in [0.25, 0.3) is 0 Å². The van der Waals surface area contributed by atoms with Crippen molar-refractivity contribution in [2.24, 2.45) is 0 Å². The zero-order chi connectivity index (χ0) is 19.3.